The van der Waals surface area contributed by atoms with Gasteiger partial charge in [0.2, 0.25) is 0 Å². The van der Waals surface area contributed by atoms with Crippen LogP contribution in [-0.4, -0.2) is 15.8 Å². The third kappa shape index (κ3) is 7.91. The number of para-hydroxylation sites is 8. The molecule has 19 aromatic rings. The number of benzene rings is 16. The lowest BCUT2D eigenvalue weighted by Crippen LogP contribution is -2.61. The number of anilines is 6. The van der Waals surface area contributed by atoms with Gasteiger partial charge in [-0.15, -0.1) is 0 Å². The first-order valence-corrected chi connectivity index (χ1v) is 33.8. The fourth-order valence-corrected chi connectivity index (χ4v) is 17.0. The molecule has 0 spiro atoms. The minimum atomic E-state index is -0.223. The molecule has 6 heteroatoms. The summed E-state index contributed by atoms with van der Waals surface area (Å²) in [6, 6.07) is 128. The molecule has 0 N–H and O–H groups in total. The number of aromatic nitrogens is 2. The van der Waals surface area contributed by atoms with Crippen molar-refractivity contribution in [2.75, 3.05) is 9.80 Å². The molecule has 0 saturated carbocycles. The zero-order chi connectivity index (χ0) is 64.1. The summed E-state index contributed by atoms with van der Waals surface area (Å²) < 4.78 is 11.9. The van der Waals surface area contributed by atoms with Gasteiger partial charge in [-0.05, 0) is 133 Å². The fourth-order valence-electron chi connectivity index (χ4n) is 17.0. The molecule has 5 nitrogen and oxygen atoms in total. The first-order valence-electron chi connectivity index (χ1n) is 33.8. The monoisotopic (exact) mass is 1240 g/mol. The number of hydrogen-bond donors (Lipinski definition) is 0. The van der Waals surface area contributed by atoms with Crippen molar-refractivity contribution in [3.63, 3.8) is 0 Å². The molecule has 0 fully saturated rings. The van der Waals surface area contributed by atoms with Crippen molar-refractivity contribution in [2.45, 2.75) is 0 Å². The maximum Gasteiger partial charge on any atom is 0.252 e. The smallest absolute Gasteiger partial charge is 0.252 e. The Kier molecular flexibility index (Phi) is 11.8. The molecule has 0 atom stereocenters. The summed E-state index contributed by atoms with van der Waals surface area (Å²) in [5.41, 5.74) is 28.0. The van der Waals surface area contributed by atoms with Gasteiger partial charge < -0.3 is 23.4 Å². The average molecular weight is 1250 g/mol. The van der Waals surface area contributed by atoms with Crippen LogP contribution in [0, 0.1) is 0 Å². The Labute approximate surface area is 565 Å². The molecule has 98 heavy (non-hydrogen) atoms. The molecule has 16 aromatic carbocycles. The molecule has 3 aromatic heterocycles. The van der Waals surface area contributed by atoms with Gasteiger partial charge in [0.15, 0.2) is 0 Å². The summed E-state index contributed by atoms with van der Waals surface area (Å²) in [6.45, 7) is -0.223. The number of furan rings is 1. The standard InChI is InChI=1S/C92H57BN4O/c1-3-26-58(27-4-1)63-30-11-18-43-78(63)96-84-54-60(89-70-37-7-9-39-72(70)90(73-40-10-8-38-71(73)89)75-42-25-41-74-69-36-17-24-49-88(69)98-92(74)75)50-52-76(84)93-77-53-51-61(94-80-45-20-13-32-65(80)66-33-14-21-46-81(66)94)55-85(77)97(79-44-19-12-31-64(79)59-28-5-2-6-29-59)87-57-62(56-86(96)91(87)93)95-82-47-22-15-34-67(82)68-35-16-23-48-83(68)95/h1-57H. The second kappa shape index (κ2) is 21.3. The Morgan fingerprint density at radius 1 is 0.235 bits per heavy atom. The molecule has 21 rings (SSSR count). The van der Waals surface area contributed by atoms with Crippen LogP contribution in [-0.2, 0) is 0 Å². The maximum atomic E-state index is 6.88. The highest BCUT2D eigenvalue weighted by atomic mass is 16.3. The first kappa shape index (κ1) is 54.5. The van der Waals surface area contributed by atoms with Crippen LogP contribution in [0.1, 0.15) is 0 Å². The van der Waals surface area contributed by atoms with Crippen LogP contribution in [0.4, 0.5) is 34.1 Å². The Balaban J connectivity index is 0.900. The molecule has 0 amide bonds. The zero-order valence-corrected chi connectivity index (χ0v) is 53.2. The lowest BCUT2D eigenvalue weighted by atomic mass is 9.33. The second-order valence-electron chi connectivity index (χ2n) is 26.1. The molecule has 2 aliphatic rings. The largest absolute Gasteiger partial charge is 0.455 e. The number of fused-ring (bicyclic) bond motifs is 15. The van der Waals surface area contributed by atoms with Crippen LogP contribution in [0.25, 0.3) is 143 Å². The first-order chi connectivity index (χ1) is 48.7. The van der Waals surface area contributed by atoms with E-state index in [0.717, 1.165) is 117 Å². The van der Waals surface area contributed by atoms with Crippen LogP contribution in [0.3, 0.4) is 0 Å². The summed E-state index contributed by atoms with van der Waals surface area (Å²) in [4.78, 5) is 5.25. The van der Waals surface area contributed by atoms with Crippen molar-refractivity contribution in [3.05, 3.63) is 346 Å². The third-order valence-electron chi connectivity index (χ3n) is 21.1. The lowest BCUT2D eigenvalue weighted by molar-refractivity contribution is 0.670. The highest BCUT2D eigenvalue weighted by Gasteiger charge is 2.45. The van der Waals surface area contributed by atoms with Gasteiger partial charge in [0.1, 0.15) is 11.2 Å². The molecular formula is C92H57BN4O. The van der Waals surface area contributed by atoms with E-state index in [1.54, 1.807) is 0 Å². The Bertz CT molecular complexity index is 6370. The fraction of sp³-hybridized carbons (Fsp3) is 0. The predicted molar refractivity (Wildman–Crippen MR) is 413 cm³/mol. The Morgan fingerprint density at radius 2 is 0.622 bits per heavy atom. The van der Waals surface area contributed by atoms with E-state index in [0.29, 0.717) is 0 Å². The molecule has 0 bridgehead atoms. The van der Waals surface area contributed by atoms with Gasteiger partial charge in [-0.1, -0.05) is 273 Å². The van der Waals surface area contributed by atoms with Gasteiger partial charge >= 0.3 is 0 Å². The molecule has 454 valence electrons. The quantitative estimate of drug-likeness (QED) is 0.112. The highest BCUT2D eigenvalue weighted by molar-refractivity contribution is 7.00. The second-order valence-corrected chi connectivity index (χ2v) is 26.1. The molecule has 0 radical (unpaired) electrons. The molecule has 0 unspecified atom stereocenters. The van der Waals surface area contributed by atoms with E-state index < -0.39 is 0 Å². The highest BCUT2D eigenvalue weighted by Crippen LogP contribution is 2.53. The van der Waals surface area contributed by atoms with E-state index in [2.05, 4.69) is 365 Å². The summed E-state index contributed by atoms with van der Waals surface area (Å²) in [7, 11) is 0. The van der Waals surface area contributed by atoms with Gasteiger partial charge in [-0.25, -0.2) is 0 Å². The van der Waals surface area contributed by atoms with Gasteiger partial charge in [-0.2, -0.15) is 0 Å². The van der Waals surface area contributed by atoms with Gasteiger partial charge in [0, 0.05) is 83.0 Å². The minimum Gasteiger partial charge on any atom is -0.455 e. The van der Waals surface area contributed by atoms with E-state index in [9.17, 15) is 0 Å². The normalized spacial score (nSPS) is 12.6. The number of rotatable bonds is 8. The van der Waals surface area contributed by atoms with Crippen molar-refractivity contribution in [3.8, 4) is 55.9 Å². The number of nitrogens with zero attached hydrogens (tertiary/aromatic N) is 4. The zero-order valence-electron chi connectivity index (χ0n) is 53.2. The molecular weight excluding hydrogens is 1190 g/mol. The van der Waals surface area contributed by atoms with Crippen LogP contribution >= 0.6 is 0 Å². The van der Waals surface area contributed by atoms with Crippen molar-refractivity contribution in [1.29, 1.82) is 0 Å². The number of hydrogen-bond acceptors (Lipinski definition) is 3. The summed E-state index contributed by atoms with van der Waals surface area (Å²) in [6.07, 6.45) is 0. The summed E-state index contributed by atoms with van der Waals surface area (Å²) in [5, 5.41) is 11.8. The molecule has 2 aliphatic heterocycles. The molecule has 0 aliphatic carbocycles. The van der Waals surface area contributed by atoms with Crippen LogP contribution in [0.15, 0.2) is 350 Å². The third-order valence-corrected chi connectivity index (χ3v) is 21.1. The lowest BCUT2D eigenvalue weighted by Gasteiger charge is -2.45. The van der Waals surface area contributed by atoms with E-state index >= 15 is 0 Å². The van der Waals surface area contributed by atoms with Crippen molar-refractivity contribution in [2.24, 2.45) is 0 Å². The van der Waals surface area contributed by atoms with Crippen molar-refractivity contribution in [1.82, 2.24) is 9.13 Å². The van der Waals surface area contributed by atoms with Gasteiger partial charge in [0.25, 0.3) is 6.71 Å². The minimum absolute atomic E-state index is 0.223. The summed E-state index contributed by atoms with van der Waals surface area (Å²) in [5.74, 6) is 0. The molecule has 5 heterocycles. The van der Waals surface area contributed by atoms with E-state index in [4.69, 9.17) is 4.42 Å². The van der Waals surface area contributed by atoms with Crippen LogP contribution in [0.5, 0.6) is 0 Å². The van der Waals surface area contributed by atoms with Crippen LogP contribution in [0.2, 0.25) is 0 Å². The van der Waals surface area contributed by atoms with Crippen LogP contribution < -0.4 is 26.2 Å². The SMILES string of the molecule is c1ccc(-c2ccccc2N2c3cc(-c4c5ccccc5c(-c5cccc6c5oc5ccccc56)c5ccccc45)ccc3B3c4ccc(-n5c6ccccc6c6ccccc65)cc4N(c4ccccc4-c4ccccc4)c4cc(-n5c6ccccc6c6ccccc65)cc2c43)cc1. The topological polar surface area (TPSA) is 29.5 Å². The Morgan fingerprint density at radius 3 is 1.15 bits per heavy atom. The predicted octanol–water partition coefficient (Wildman–Crippen LogP) is 22.8. The van der Waals surface area contributed by atoms with Crippen molar-refractivity contribution < 1.29 is 4.42 Å². The average Bonchev–Trinajstić information content (AvgIpc) is 0.721. The maximum absolute atomic E-state index is 6.88. The van der Waals surface area contributed by atoms with E-state index in [-0.39, 0.29) is 6.71 Å². The van der Waals surface area contributed by atoms with Gasteiger partial charge in [0.05, 0.1) is 39.1 Å². The van der Waals surface area contributed by atoms with E-state index in [1.165, 1.54) is 76.1 Å². The van der Waals surface area contributed by atoms with Gasteiger partial charge in [-0.3, -0.25) is 0 Å². The van der Waals surface area contributed by atoms with Crippen molar-refractivity contribution >= 4 is 144 Å². The van der Waals surface area contributed by atoms with E-state index in [1.807, 2.05) is 0 Å². The molecule has 0 saturated heterocycles. The Hall–Kier alpha value is -12.9. The summed E-state index contributed by atoms with van der Waals surface area (Å²) >= 11 is 0.